The van der Waals surface area contributed by atoms with E-state index < -0.39 is 15.3 Å². The van der Waals surface area contributed by atoms with Gasteiger partial charge in [0.05, 0.1) is 5.25 Å². The van der Waals surface area contributed by atoms with Crippen LogP contribution >= 0.6 is 0 Å². The van der Waals surface area contributed by atoms with Crippen molar-refractivity contribution in [3.63, 3.8) is 0 Å². The second-order valence-electron chi connectivity index (χ2n) is 4.28. The van der Waals surface area contributed by atoms with Crippen LogP contribution < -0.4 is 5.73 Å². The van der Waals surface area contributed by atoms with E-state index in [1.165, 1.54) is 4.31 Å². The summed E-state index contributed by atoms with van der Waals surface area (Å²) in [6, 6.07) is 0.110. The van der Waals surface area contributed by atoms with Crippen molar-refractivity contribution in [2.75, 3.05) is 6.54 Å². The van der Waals surface area contributed by atoms with Gasteiger partial charge in [-0.25, -0.2) is 8.42 Å². The minimum atomic E-state index is -3.24. The molecular weight excluding hydrogens is 230 g/mol. The first-order chi connectivity index (χ1) is 7.39. The largest absolute Gasteiger partial charge is 0.409 e. The molecule has 0 aliphatic heterocycles. The molecule has 1 aliphatic carbocycles. The summed E-state index contributed by atoms with van der Waals surface area (Å²) in [4.78, 5) is 0. The third-order valence-electron chi connectivity index (χ3n) is 2.59. The van der Waals surface area contributed by atoms with Crippen LogP contribution in [0.2, 0.25) is 0 Å². The average Bonchev–Trinajstić information content (AvgIpc) is 3.01. The molecule has 1 rings (SSSR count). The van der Waals surface area contributed by atoms with Gasteiger partial charge >= 0.3 is 0 Å². The maximum absolute atomic E-state index is 12.0. The summed E-state index contributed by atoms with van der Waals surface area (Å²) >= 11 is 0. The first-order valence-corrected chi connectivity index (χ1v) is 6.87. The summed E-state index contributed by atoms with van der Waals surface area (Å²) in [5, 5.41) is 10.8. The highest BCUT2D eigenvalue weighted by Crippen LogP contribution is 2.30. The van der Waals surface area contributed by atoms with Gasteiger partial charge in [-0.05, 0) is 26.7 Å². The van der Waals surface area contributed by atoms with Crippen LogP contribution in [0.25, 0.3) is 0 Å². The van der Waals surface area contributed by atoms with E-state index in [-0.39, 0.29) is 18.3 Å². The monoisotopic (exact) mass is 249 g/mol. The van der Waals surface area contributed by atoms with Gasteiger partial charge in [0.1, 0.15) is 5.84 Å². The fourth-order valence-corrected chi connectivity index (χ4v) is 2.94. The quantitative estimate of drug-likeness (QED) is 0.307. The van der Waals surface area contributed by atoms with Gasteiger partial charge in [0, 0.05) is 19.0 Å². The SMILES string of the molecule is CC(C)S(=O)(=O)N(CCC(N)=NO)C1CC1. The third kappa shape index (κ3) is 3.08. The van der Waals surface area contributed by atoms with Crippen LogP contribution in [0.4, 0.5) is 0 Å². The standard InChI is InChI=1S/C9H19N3O3S/c1-7(2)16(14,15)12(8-3-4-8)6-5-9(10)11-13/h7-8,13H,3-6H2,1-2H3,(H2,10,11). The molecule has 0 heterocycles. The number of sulfonamides is 1. The third-order valence-corrected chi connectivity index (χ3v) is 4.92. The lowest BCUT2D eigenvalue weighted by atomic mass is 10.4. The number of hydrogen-bond donors (Lipinski definition) is 2. The van der Waals surface area contributed by atoms with Crippen LogP contribution in [0, 0.1) is 0 Å². The Bertz CT molecular complexity index is 360. The van der Waals surface area contributed by atoms with Gasteiger partial charge in [-0.3, -0.25) is 0 Å². The molecule has 0 atom stereocenters. The Morgan fingerprint density at radius 1 is 1.56 bits per heavy atom. The number of oxime groups is 1. The van der Waals surface area contributed by atoms with E-state index >= 15 is 0 Å². The molecule has 94 valence electrons. The molecule has 1 fully saturated rings. The topological polar surface area (TPSA) is 96.0 Å². The molecule has 1 saturated carbocycles. The molecule has 1 aliphatic rings. The first kappa shape index (κ1) is 13.2. The summed E-state index contributed by atoms with van der Waals surface area (Å²) < 4.78 is 25.5. The molecular formula is C9H19N3O3S. The predicted molar refractivity (Wildman–Crippen MR) is 61.8 cm³/mol. The van der Waals surface area contributed by atoms with Crippen LogP contribution in [0.1, 0.15) is 33.1 Å². The summed E-state index contributed by atoms with van der Waals surface area (Å²) in [6.45, 7) is 3.61. The van der Waals surface area contributed by atoms with Gasteiger partial charge < -0.3 is 10.9 Å². The van der Waals surface area contributed by atoms with Gasteiger partial charge in [0.15, 0.2) is 0 Å². The molecule has 0 aromatic carbocycles. The molecule has 0 bridgehead atoms. The molecule has 0 spiro atoms. The summed E-state index contributed by atoms with van der Waals surface area (Å²) in [5.41, 5.74) is 5.34. The summed E-state index contributed by atoms with van der Waals surface area (Å²) in [5.74, 6) is 0.0598. The van der Waals surface area contributed by atoms with E-state index in [1.807, 2.05) is 0 Å². The zero-order valence-electron chi connectivity index (χ0n) is 9.63. The van der Waals surface area contributed by atoms with Crippen LogP contribution in [-0.2, 0) is 10.0 Å². The van der Waals surface area contributed by atoms with E-state index in [1.54, 1.807) is 13.8 Å². The van der Waals surface area contributed by atoms with Crippen LogP contribution in [0.3, 0.4) is 0 Å². The number of hydrogen-bond acceptors (Lipinski definition) is 4. The molecule has 0 unspecified atom stereocenters. The first-order valence-electron chi connectivity index (χ1n) is 5.36. The fraction of sp³-hybridized carbons (Fsp3) is 0.889. The Morgan fingerprint density at radius 2 is 2.12 bits per heavy atom. The van der Waals surface area contributed by atoms with Crippen molar-refractivity contribution in [3.8, 4) is 0 Å². The Kier molecular flexibility index (Phi) is 4.15. The summed E-state index contributed by atoms with van der Waals surface area (Å²) in [7, 11) is -3.24. The van der Waals surface area contributed by atoms with Gasteiger partial charge in [0.2, 0.25) is 10.0 Å². The highest BCUT2D eigenvalue weighted by molar-refractivity contribution is 7.89. The molecule has 16 heavy (non-hydrogen) atoms. The molecule has 0 aromatic heterocycles. The Morgan fingerprint density at radius 3 is 2.50 bits per heavy atom. The van der Waals surface area contributed by atoms with E-state index in [2.05, 4.69) is 5.16 Å². The van der Waals surface area contributed by atoms with Gasteiger partial charge in [0.25, 0.3) is 0 Å². The lowest BCUT2D eigenvalue weighted by Crippen LogP contribution is -2.39. The van der Waals surface area contributed by atoms with Crippen molar-refractivity contribution in [1.82, 2.24) is 4.31 Å². The van der Waals surface area contributed by atoms with Gasteiger partial charge in [-0.1, -0.05) is 5.16 Å². The molecule has 6 nitrogen and oxygen atoms in total. The van der Waals surface area contributed by atoms with E-state index in [4.69, 9.17) is 10.9 Å². The van der Waals surface area contributed by atoms with Crippen molar-refractivity contribution >= 4 is 15.9 Å². The Balaban J connectivity index is 2.69. The molecule has 7 heteroatoms. The van der Waals surface area contributed by atoms with E-state index in [0.29, 0.717) is 6.54 Å². The predicted octanol–water partition coefficient (Wildman–Crippen LogP) is 0.326. The van der Waals surface area contributed by atoms with Crippen molar-refractivity contribution in [3.05, 3.63) is 0 Å². The number of rotatable bonds is 6. The molecule has 0 aromatic rings. The second kappa shape index (κ2) is 5.01. The fourth-order valence-electron chi connectivity index (χ4n) is 1.43. The van der Waals surface area contributed by atoms with E-state index in [0.717, 1.165) is 12.8 Å². The average molecular weight is 249 g/mol. The van der Waals surface area contributed by atoms with E-state index in [9.17, 15) is 8.42 Å². The zero-order valence-corrected chi connectivity index (χ0v) is 10.4. The molecule has 0 radical (unpaired) electrons. The van der Waals surface area contributed by atoms with Gasteiger partial charge in [-0.2, -0.15) is 4.31 Å². The number of nitrogens with zero attached hydrogens (tertiary/aromatic N) is 2. The maximum atomic E-state index is 12.0. The van der Waals surface area contributed by atoms with Crippen molar-refractivity contribution in [1.29, 1.82) is 0 Å². The molecule has 0 saturated heterocycles. The summed E-state index contributed by atoms with van der Waals surface area (Å²) in [6.07, 6.45) is 2.07. The highest BCUT2D eigenvalue weighted by atomic mass is 32.2. The minimum Gasteiger partial charge on any atom is -0.409 e. The van der Waals surface area contributed by atoms with Crippen molar-refractivity contribution < 1.29 is 13.6 Å². The Labute approximate surface area is 96.2 Å². The maximum Gasteiger partial charge on any atom is 0.216 e. The lowest BCUT2D eigenvalue weighted by molar-refractivity contribution is 0.315. The Hall–Kier alpha value is -0.820. The minimum absolute atomic E-state index is 0.0598. The zero-order chi connectivity index (χ0) is 12.3. The number of nitrogens with two attached hydrogens (primary N) is 1. The van der Waals surface area contributed by atoms with Crippen LogP contribution in [-0.4, -0.2) is 41.6 Å². The van der Waals surface area contributed by atoms with Crippen LogP contribution in [0.5, 0.6) is 0 Å². The van der Waals surface area contributed by atoms with Gasteiger partial charge in [-0.15, -0.1) is 0 Å². The normalized spacial score (nSPS) is 18.4. The second-order valence-corrected chi connectivity index (χ2v) is 6.72. The smallest absolute Gasteiger partial charge is 0.216 e. The highest BCUT2D eigenvalue weighted by Gasteiger charge is 2.38. The van der Waals surface area contributed by atoms with Crippen LogP contribution in [0.15, 0.2) is 5.16 Å². The number of amidine groups is 1. The lowest BCUT2D eigenvalue weighted by Gasteiger charge is -2.23. The molecule has 3 N–H and O–H groups in total. The molecule has 0 amide bonds. The van der Waals surface area contributed by atoms with Crippen molar-refractivity contribution in [2.45, 2.75) is 44.4 Å². The van der Waals surface area contributed by atoms with Crippen molar-refractivity contribution in [2.24, 2.45) is 10.9 Å².